The molecule has 2 N–H and O–H groups in total. The van der Waals surface area contributed by atoms with Gasteiger partial charge in [-0.1, -0.05) is 30.3 Å². The molecule has 1 atom stereocenters. The first-order valence-electron chi connectivity index (χ1n) is 11.7. The van der Waals surface area contributed by atoms with E-state index < -0.39 is 0 Å². The van der Waals surface area contributed by atoms with E-state index in [9.17, 15) is 9.18 Å². The molecule has 0 aliphatic heterocycles. The van der Waals surface area contributed by atoms with Crippen LogP contribution in [0.15, 0.2) is 54.7 Å². The Morgan fingerprint density at radius 1 is 1.18 bits per heavy atom. The smallest absolute Gasteiger partial charge is 0.220 e. The van der Waals surface area contributed by atoms with E-state index in [1.54, 1.807) is 12.1 Å². The van der Waals surface area contributed by atoms with Gasteiger partial charge in [-0.15, -0.1) is 12.4 Å². The molecule has 1 heterocycles. The molecule has 1 fully saturated rings. The Hall–Kier alpha value is -2.37. The van der Waals surface area contributed by atoms with Crippen LogP contribution in [0.3, 0.4) is 0 Å². The summed E-state index contributed by atoms with van der Waals surface area (Å²) in [6, 6.07) is 15.3. The molecule has 178 valence electrons. The van der Waals surface area contributed by atoms with Gasteiger partial charge in [0, 0.05) is 35.1 Å². The Morgan fingerprint density at radius 2 is 1.91 bits per heavy atom. The van der Waals surface area contributed by atoms with Crippen LogP contribution in [0, 0.1) is 11.7 Å². The third-order valence-corrected chi connectivity index (χ3v) is 7.23. The molecule has 4 rings (SSSR count). The van der Waals surface area contributed by atoms with Crippen molar-refractivity contribution in [3.05, 3.63) is 71.7 Å². The summed E-state index contributed by atoms with van der Waals surface area (Å²) in [5.41, 5.74) is 3.25. The lowest BCUT2D eigenvalue weighted by Crippen LogP contribution is -2.45. The van der Waals surface area contributed by atoms with Gasteiger partial charge >= 0.3 is 0 Å². The number of nitrogens with one attached hydrogen (secondary N) is 2. The van der Waals surface area contributed by atoms with Gasteiger partial charge in [-0.3, -0.25) is 9.69 Å². The number of halogens is 2. The number of fused-ring (bicyclic) bond motifs is 1. The minimum absolute atomic E-state index is 0. The van der Waals surface area contributed by atoms with Crippen molar-refractivity contribution in [1.29, 1.82) is 0 Å². The quantitative estimate of drug-likeness (QED) is 0.456. The minimum atomic E-state index is -0.186. The van der Waals surface area contributed by atoms with Crippen LogP contribution in [0.5, 0.6) is 0 Å². The fraction of sp³-hybridized carbons (Fsp3) is 0.444. The summed E-state index contributed by atoms with van der Waals surface area (Å²) < 4.78 is 13.9. The maximum atomic E-state index is 13.9. The Bertz CT molecular complexity index is 1070. The maximum absolute atomic E-state index is 13.9. The highest BCUT2D eigenvalue weighted by molar-refractivity contribution is 5.85. The molecular weight excluding hydrogens is 437 g/mol. The molecule has 3 aromatic rings. The fourth-order valence-corrected chi connectivity index (χ4v) is 5.41. The number of carbonyl (C=O) groups excluding carboxylic acids is 1. The van der Waals surface area contributed by atoms with Gasteiger partial charge in [0.15, 0.2) is 0 Å². The van der Waals surface area contributed by atoms with Crippen molar-refractivity contribution in [3.8, 4) is 0 Å². The van der Waals surface area contributed by atoms with Crippen LogP contribution < -0.4 is 5.32 Å². The van der Waals surface area contributed by atoms with Crippen LogP contribution in [-0.2, 0) is 16.8 Å². The first-order chi connectivity index (χ1) is 15.4. The molecule has 1 saturated carbocycles. The van der Waals surface area contributed by atoms with Crippen LogP contribution >= 0.6 is 12.4 Å². The maximum Gasteiger partial charge on any atom is 0.220 e. The zero-order chi connectivity index (χ0) is 22.7. The lowest BCUT2D eigenvalue weighted by molar-refractivity contribution is -0.123. The summed E-state index contributed by atoms with van der Waals surface area (Å²) in [7, 11) is 4.15. The number of aromatic amines is 1. The van der Waals surface area contributed by atoms with Gasteiger partial charge in [-0.05, 0) is 88.4 Å². The molecule has 1 aliphatic carbocycles. The van der Waals surface area contributed by atoms with Gasteiger partial charge in [0.25, 0.3) is 0 Å². The average Bonchev–Trinajstić information content (AvgIpc) is 3.17. The molecule has 0 radical (unpaired) electrons. The molecule has 1 unspecified atom stereocenters. The van der Waals surface area contributed by atoms with Crippen LogP contribution in [-0.4, -0.2) is 35.9 Å². The van der Waals surface area contributed by atoms with Crippen molar-refractivity contribution >= 4 is 29.2 Å². The normalized spacial score (nSPS) is 21.5. The molecule has 0 spiro atoms. The molecule has 2 aromatic carbocycles. The number of hydrogen-bond acceptors (Lipinski definition) is 2. The molecule has 0 bridgehead atoms. The molecule has 0 saturated heterocycles. The van der Waals surface area contributed by atoms with Gasteiger partial charge in [0.2, 0.25) is 5.91 Å². The highest BCUT2D eigenvalue weighted by atomic mass is 35.5. The predicted molar refractivity (Wildman–Crippen MR) is 135 cm³/mol. The van der Waals surface area contributed by atoms with Crippen LogP contribution in [0.25, 0.3) is 10.9 Å². The van der Waals surface area contributed by atoms with Crippen molar-refractivity contribution < 1.29 is 9.18 Å². The highest BCUT2D eigenvalue weighted by Gasteiger charge is 2.39. The van der Waals surface area contributed by atoms with Gasteiger partial charge < -0.3 is 10.3 Å². The summed E-state index contributed by atoms with van der Waals surface area (Å²) in [4.78, 5) is 18.3. The van der Waals surface area contributed by atoms with E-state index in [4.69, 9.17) is 0 Å². The van der Waals surface area contributed by atoms with E-state index in [-0.39, 0.29) is 35.7 Å². The van der Waals surface area contributed by atoms with E-state index in [2.05, 4.69) is 48.4 Å². The zero-order valence-corrected chi connectivity index (χ0v) is 20.6. The predicted octanol–water partition coefficient (Wildman–Crippen LogP) is 5.81. The number of nitrogens with zero attached hydrogens (tertiary/aromatic N) is 1. The second-order valence-corrected chi connectivity index (χ2v) is 9.62. The Morgan fingerprint density at radius 3 is 2.61 bits per heavy atom. The molecule has 33 heavy (non-hydrogen) atoms. The highest BCUT2D eigenvalue weighted by Crippen LogP contribution is 2.44. The number of rotatable bonds is 7. The van der Waals surface area contributed by atoms with E-state index in [1.165, 1.54) is 17.0 Å². The molecule has 1 aromatic heterocycles. The SMILES string of the molecule is CC(Cc1c[nH]c2ccccc12)NC(=O)CC1CCC(c2cccc(F)c2)(N(C)C)CC1.Cl. The van der Waals surface area contributed by atoms with Crippen molar-refractivity contribution in [1.82, 2.24) is 15.2 Å². The van der Waals surface area contributed by atoms with E-state index in [0.29, 0.717) is 12.3 Å². The Kier molecular flexibility index (Phi) is 8.19. The summed E-state index contributed by atoms with van der Waals surface area (Å²) in [5, 5.41) is 4.42. The second-order valence-electron chi connectivity index (χ2n) is 9.62. The number of hydrogen-bond donors (Lipinski definition) is 2. The van der Waals surface area contributed by atoms with Crippen molar-refractivity contribution in [2.24, 2.45) is 5.92 Å². The monoisotopic (exact) mass is 471 g/mol. The van der Waals surface area contributed by atoms with Crippen molar-refractivity contribution in [3.63, 3.8) is 0 Å². The van der Waals surface area contributed by atoms with Gasteiger partial charge in [-0.2, -0.15) is 0 Å². The van der Waals surface area contributed by atoms with Gasteiger partial charge in [0.05, 0.1) is 0 Å². The molecular formula is C27H35ClFN3O. The zero-order valence-electron chi connectivity index (χ0n) is 19.7. The molecule has 4 nitrogen and oxygen atoms in total. The number of amides is 1. The minimum Gasteiger partial charge on any atom is -0.361 e. The summed E-state index contributed by atoms with van der Waals surface area (Å²) in [6.07, 6.45) is 7.23. The van der Waals surface area contributed by atoms with Crippen LogP contribution in [0.2, 0.25) is 0 Å². The summed E-state index contributed by atoms with van der Waals surface area (Å²) in [5.74, 6) is 0.316. The first-order valence-corrected chi connectivity index (χ1v) is 11.7. The summed E-state index contributed by atoms with van der Waals surface area (Å²) in [6.45, 7) is 2.07. The van der Waals surface area contributed by atoms with E-state index >= 15 is 0 Å². The number of carbonyl (C=O) groups is 1. The number of H-pyrrole nitrogens is 1. The second kappa shape index (κ2) is 10.7. The van der Waals surface area contributed by atoms with Crippen molar-refractivity contribution in [2.45, 2.75) is 57.0 Å². The fourth-order valence-electron chi connectivity index (χ4n) is 5.41. The first kappa shape index (κ1) is 25.3. The lowest BCUT2D eigenvalue weighted by Gasteiger charge is -2.45. The third kappa shape index (κ3) is 5.59. The van der Waals surface area contributed by atoms with Crippen molar-refractivity contribution in [2.75, 3.05) is 14.1 Å². The van der Waals surface area contributed by atoms with E-state index in [0.717, 1.165) is 43.2 Å². The largest absolute Gasteiger partial charge is 0.361 e. The number of para-hydroxylation sites is 1. The number of benzene rings is 2. The van der Waals surface area contributed by atoms with Gasteiger partial charge in [-0.25, -0.2) is 4.39 Å². The third-order valence-electron chi connectivity index (χ3n) is 7.23. The molecule has 6 heteroatoms. The molecule has 1 aliphatic rings. The molecule has 1 amide bonds. The van der Waals surface area contributed by atoms with Crippen LogP contribution in [0.4, 0.5) is 4.39 Å². The standard InChI is InChI=1S/C27H34FN3O.ClH/c1-19(15-21-18-29-25-10-5-4-9-24(21)25)30-26(32)16-20-11-13-27(14-12-20,31(2)3)22-7-6-8-23(28)17-22;/h4-10,17-20,29H,11-16H2,1-3H3,(H,30,32);1H. The van der Waals surface area contributed by atoms with Crippen LogP contribution in [0.1, 0.15) is 50.2 Å². The number of aromatic nitrogens is 1. The lowest BCUT2D eigenvalue weighted by atomic mass is 9.71. The van der Waals surface area contributed by atoms with E-state index in [1.807, 2.05) is 24.4 Å². The summed E-state index contributed by atoms with van der Waals surface area (Å²) >= 11 is 0. The Balaban J connectivity index is 0.00000306. The van der Waals surface area contributed by atoms with Gasteiger partial charge in [0.1, 0.15) is 5.82 Å². The average molecular weight is 472 g/mol. The topological polar surface area (TPSA) is 48.1 Å². The Labute approximate surface area is 202 Å².